The first-order chi connectivity index (χ1) is 10.2. The Morgan fingerprint density at radius 2 is 2.19 bits per heavy atom. The minimum Gasteiger partial charge on any atom is -0.393 e. The molecule has 4 heteroatoms. The molecule has 0 saturated heterocycles. The zero-order chi connectivity index (χ0) is 14.7. The van der Waals surface area contributed by atoms with Gasteiger partial charge in [0.15, 0.2) is 6.10 Å². The number of ether oxygens (including phenoxy) is 1. The van der Waals surface area contributed by atoms with Crippen LogP contribution in [0, 0.1) is 5.92 Å². The molecule has 1 aliphatic heterocycles. The first-order valence-corrected chi connectivity index (χ1v) is 7.89. The van der Waals surface area contributed by atoms with Gasteiger partial charge >= 0.3 is 0 Å². The summed E-state index contributed by atoms with van der Waals surface area (Å²) < 4.78 is 5.67. The van der Waals surface area contributed by atoms with Gasteiger partial charge in [-0.15, -0.1) is 0 Å². The summed E-state index contributed by atoms with van der Waals surface area (Å²) >= 11 is 0. The zero-order valence-corrected chi connectivity index (χ0v) is 12.3. The van der Waals surface area contributed by atoms with Crippen LogP contribution in [-0.4, -0.2) is 30.3 Å². The molecule has 1 aliphatic carbocycles. The molecule has 1 amide bonds. The van der Waals surface area contributed by atoms with Crippen molar-refractivity contribution < 1.29 is 14.6 Å². The van der Waals surface area contributed by atoms with Crippen molar-refractivity contribution in [2.24, 2.45) is 5.92 Å². The predicted molar refractivity (Wildman–Crippen MR) is 79.8 cm³/mol. The van der Waals surface area contributed by atoms with Crippen molar-refractivity contribution in [2.45, 2.75) is 44.3 Å². The summed E-state index contributed by atoms with van der Waals surface area (Å²) in [5.41, 5.74) is 2.20. The monoisotopic (exact) mass is 289 g/mol. The Morgan fingerprint density at radius 3 is 3.05 bits per heavy atom. The van der Waals surface area contributed by atoms with Crippen LogP contribution in [0.5, 0.6) is 0 Å². The van der Waals surface area contributed by atoms with E-state index in [1.165, 1.54) is 5.56 Å². The number of carbonyl (C=O) groups excluding carboxylic acids is 1. The Balaban J connectivity index is 1.59. The number of aliphatic hydroxyl groups is 1. The summed E-state index contributed by atoms with van der Waals surface area (Å²) in [7, 11) is 0. The first kappa shape index (κ1) is 14.5. The van der Waals surface area contributed by atoms with Crippen molar-refractivity contribution in [3.8, 4) is 0 Å². The van der Waals surface area contributed by atoms with E-state index in [1.54, 1.807) is 0 Å². The summed E-state index contributed by atoms with van der Waals surface area (Å²) in [6, 6.07) is 7.99. The third-order valence-corrected chi connectivity index (χ3v) is 4.55. The number of aliphatic hydroxyl groups excluding tert-OH is 1. The zero-order valence-electron chi connectivity index (χ0n) is 12.3. The van der Waals surface area contributed by atoms with E-state index in [0.29, 0.717) is 19.1 Å². The molecule has 1 fully saturated rings. The van der Waals surface area contributed by atoms with Crippen LogP contribution in [0.2, 0.25) is 0 Å². The highest BCUT2D eigenvalue weighted by Gasteiger charge is 2.28. The van der Waals surface area contributed by atoms with Crippen molar-refractivity contribution in [1.82, 2.24) is 5.32 Å². The van der Waals surface area contributed by atoms with Gasteiger partial charge in [0.1, 0.15) is 0 Å². The van der Waals surface area contributed by atoms with Gasteiger partial charge in [0, 0.05) is 6.54 Å². The van der Waals surface area contributed by atoms with Gasteiger partial charge in [-0.1, -0.05) is 30.7 Å². The summed E-state index contributed by atoms with van der Waals surface area (Å²) in [6.45, 7) is 1.23. The highest BCUT2D eigenvalue weighted by atomic mass is 16.5. The van der Waals surface area contributed by atoms with Crippen LogP contribution in [0.3, 0.4) is 0 Å². The van der Waals surface area contributed by atoms with Gasteiger partial charge in [0.25, 0.3) is 5.91 Å². The molecule has 1 aromatic carbocycles. The fourth-order valence-corrected chi connectivity index (χ4v) is 3.40. The fraction of sp³-hybridized carbons (Fsp3) is 0.588. The van der Waals surface area contributed by atoms with Gasteiger partial charge in [-0.25, -0.2) is 0 Å². The molecule has 0 bridgehead atoms. The lowest BCUT2D eigenvalue weighted by molar-refractivity contribution is -0.134. The van der Waals surface area contributed by atoms with Gasteiger partial charge in [-0.3, -0.25) is 4.79 Å². The van der Waals surface area contributed by atoms with Crippen molar-refractivity contribution in [2.75, 3.05) is 13.2 Å². The number of benzene rings is 1. The summed E-state index contributed by atoms with van der Waals surface area (Å²) in [5.74, 6) is 0.332. The maximum atomic E-state index is 12.4. The van der Waals surface area contributed by atoms with E-state index in [-0.39, 0.29) is 12.0 Å². The van der Waals surface area contributed by atoms with E-state index in [0.717, 1.165) is 37.7 Å². The Labute approximate surface area is 125 Å². The third-order valence-electron chi connectivity index (χ3n) is 4.55. The van der Waals surface area contributed by atoms with Crippen LogP contribution < -0.4 is 5.32 Å². The number of nitrogens with one attached hydrogen (secondary N) is 1. The average molecular weight is 289 g/mol. The van der Waals surface area contributed by atoms with Crippen molar-refractivity contribution in [3.05, 3.63) is 35.4 Å². The minimum atomic E-state index is -0.483. The van der Waals surface area contributed by atoms with Crippen LogP contribution in [0.1, 0.15) is 42.9 Å². The summed E-state index contributed by atoms with van der Waals surface area (Å²) in [5, 5.41) is 12.7. The largest absolute Gasteiger partial charge is 0.393 e. The molecule has 0 aromatic heterocycles. The SMILES string of the molecule is O=C(NCC1CCCC(O)C1)C1OCCc2ccccc21. The van der Waals surface area contributed by atoms with Crippen LogP contribution in [0.4, 0.5) is 0 Å². The van der Waals surface area contributed by atoms with Crippen LogP contribution >= 0.6 is 0 Å². The first-order valence-electron chi connectivity index (χ1n) is 7.89. The van der Waals surface area contributed by atoms with Crippen LogP contribution in [0.15, 0.2) is 24.3 Å². The maximum Gasteiger partial charge on any atom is 0.253 e. The molecular formula is C17H23NO3. The Hall–Kier alpha value is -1.39. The Kier molecular flexibility index (Phi) is 4.56. The molecule has 3 rings (SSSR count). The van der Waals surface area contributed by atoms with Crippen molar-refractivity contribution in [1.29, 1.82) is 0 Å². The number of hydrogen-bond acceptors (Lipinski definition) is 3. The lowest BCUT2D eigenvalue weighted by Crippen LogP contribution is -2.38. The molecule has 4 nitrogen and oxygen atoms in total. The number of hydrogen-bond donors (Lipinski definition) is 2. The number of fused-ring (bicyclic) bond motifs is 1. The molecule has 21 heavy (non-hydrogen) atoms. The molecule has 1 saturated carbocycles. The molecule has 1 heterocycles. The van der Waals surface area contributed by atoms with Gasteiger partial charge in [0.05, 0.1) is 12.7 Å². The van der Waals surface area contributed by atoms with Gasteiger partial charge < -0.3 is 15.2 Å². The van der Waals surface area contributed by atoms with Crippen LogP contribution in [-0.2, 0) is 16.0 Å². The second-order valence-electron chi connectivity index (χ2n) is 6.13. The molecule has 0 radical (unpaired) electrons. The van der Waals surface area contributed by atoms with E-state index < -0.39 is 6.10 Å². The predicted octanol–water partition coefficient (Wildman–Crippen LogP) is 1.97. The molecule has 3 unspecified atom stereocenters. The molecule has 1 aromatic rings. The van der Waals surface area contributed by atoms with E-state index in [4.69, 9.17) is 4.74 Å². The third kappa shape index (κ3) is 3.44. The smallest absolute Gasteiger partial charge is 0.253 e. The second kappa shape index (κ2) is 6.58. The van der Waals surface area contributed by atoms with Crippen molar-refractivity contribution >= 4 is 5.91 Å². The number of rotatable bonds is 3. The number of carbonyl (C=O) groups is 1. The van der Waals surface area contributed by atoms with E-state index in [2.05, 4.69) is 11.4 Å². The highest BCUT2D eigenvalue weighted by Crippen LogP contribution is 2.28. The minimum absolute atomic E-state index is 0.0535. The molecule has 114 valence electrons. The van der Waals surface area contributed by atoms with Crippen molar-refractivity contribution in [3.63, 3.8) is 0 Å². The van der Waals surface area contributed by atoms with Gasteiger partial charge in [-0.05, 0) is 42.7 Å². The van der Waals surface area contributed by atoms with E-state index in [1.807, 2.05) is 18.2 Å². The fourth-order valence-electron chi connectivity index (χ4n) is 3.40. The van der Waals surface area contributed by atoms with E-state index in [9.17, 15) is 9.90 Å². The topological polar surface area (TPSA) is 58.6 Å². The Morgan fingerprint density at radius 1 is 1.33 bits per heavy atom. The maximum absolute atomic E-state index is 12.4. The highest BCUT2D eigenvalue weighted by molar-refractivity contribution is 5.82. The normalized spacial score (nSPS) is 28.7. The molecule has 0 spiro atoms. The van der Waals surface area contributed by atoms with Crippen LogP contribution in [0.25, 0.3) is 0 Å². The average Bonchev–Trinajstić information content (AvgIpc) is 2.52. The molecule has 2 N–H and O–H groups in total. The second-order valence-corrected chi connectivity index (χ2v) is 6.13. The lowest BCUT2D eigenvalue weighted by atomic mass is 9.87. The molecular weight excluding hydrogens is 266 g/mol. The standard InChI is InChI=1S/C17H23NO3/c19-14-6-3-4-12(10-14)11-18-17(20)16-15-7-2-1-5-13(15)8-9-21-16/h1-2,5,7,12,14,16,19H,3-4,6,8-11H2,(H,18,20). The van der Waals surface area contributed by atoms with Gasteiger partial charge in [-0.2, -0.15) is 0 Å². The summed E-state index contributed by atoms with van der Waals surface area (Å²) in [4.78, 5) is 12.4. The Bertz CT molecular complexity index is 503. The van der Waals surface area contributed by atoms with E-state index >= 15 is 0 Å². The quantitative estimate of drug-likeness (QED) is 0.894. The molecule has 2 aliphatic rings. The number of amides is 1. The summed E-state index contributed by atoms with van der Waals surface area (Å²) in [6.07, 6.45) is 4.00. The molecule has 3 atom stereocenters. The van der Waals surface area contributed by atoms with Gasteiger partial charge in [0.2, 0.25) is 0 Å². The lowest BCUT2D eigenvalue weighted by Gasteiger charge is -2.28.